The van der Waals surface area contributed by atoms with E-state index in [9.17, 15) is 0 Å². The van der Waals surface area contributed by atoms with Gasteiger partial charge in [0.1, 0.15) is 17.1 Å². The Labute approximate surface area is 132 Å². The molecule has 23 heavy (non-hydrogen) atoms. The van der Waals surface area contributed by atoms with Crippen molar-refractivity contribution >= 4 is 22.2 Å². The van der Waals surface area contributed by atoms with Crippen LogP contribution in [-0.4, -0.2) is 9.97 Å². The third kappa shape index (κ3) is 2.25. The molecular formula is C18H16N2O3. The van der Waals surface area contributed by atoms with Gasteiger partial charge in [-0.25, -0.2) is 4.98 Å². The Morgan fingerprint density at radius 3 is 2.78 bits per heavy atom. The normalized spacial score (nSPS) is 12.8. The number of benzene rings is 2. The van der Waals surface area contributed by atoms with Crippen molar-refractivity contribution in [2.45, 2.75) is 26.9 Å². The molecule has 4 aromatic rings. The van der Waals surface area contributed by atoms with Crippen LogP contribution in [0.25, 0.3) is 22.2 Å². The molecule has 0 bridgehead atoms. The first-order valence-electron chi connectivity index (χ1n) is 7.49. The molecule has 2 heterocycles. The molecule has 116 valence electrons. The summed E-state index contributed by atoms with van der Waals surface area (Å²) in [5, 5.41) is 0. The largest absolute Gasteiger partial charge is 0.443 e. The van der Waals surface area contributed by atoms with Crippen LogP contribution in [-0.2, 0) is 0 Å². The van der Waals surface area contributed by atoms with Gasteiger partial charge in [-0.3, -0.25) is 0 Å². The van der Waals surface area contributed by atoms with Crippen molar-refractivity contribution in [3.8, 4) is 6.08 Å². The molecule has 0 amide bonds. The molecule has 2 aromatic carbocycles. The van der Waals surface area contributed by atoms with Gasteiger partial charge in [-0.2, -0.15) is 4.98 Å². The van der Waals surface area contributed by atoms with Gasteiger partial charge in [0.25, 0.3) is 0 Å². The number of aromatic nitrogens is 2. The Bertz CT molecular complexity index is 967. The zero-order valence-electron chi connectivity index (χ0n) is 13.2. The second kappa shape index (κ2) is 5.12. The second-order valence-electron chi connectivity index (χ2n) is 5.64. The summed E-state index contributed by atoms with van der Waals surface area (Å²) in [6, 6.07) is 9.58. The van der Waals surface area contributed by atoms with E-state index in [0.29, 0.717) is 0 Å². The highest BCUT2D eigenvalue weighted by atomic mass is 16.6. The third-order valence-corrected chi connectivity index (χ3v) is 4.08. The topological polar surface area (TPSA) is 61.3 Å². The monoisotopic (exact) mass is 308 g/mol. The highest BCUT2D eigenvalue weighted by Gasteiger charge is 2.19. The Kier molecular flexibility index (Phi) is 3.08. The number of oxazole rings is 2. The van der Waals surface area contributed by atoms with Gasteiger partial charge in [0, 0.05) is 5.56 Å². The van der Waals surface area contributed by atoms with Gasteiger partial charge >= 0.3 is 6.08 Å². The standard InChI is InChI=1S/C18H16N2O3/c1-10-8-15-17(19-9-21-15)11(2)16(10)12(3)22-18-20-13-6-4-5-7-14(13)23-18/h4-9,12H,1-3H3. The summed E-state index contributed by atoms with van der Waals surface area (Å²) in [6.45, 7) is 6.05. The van der Waals surface area contributed by atoms with Crippen LogP contribution in [0, 0.1) is 13.8 Å². The van der Waals surface area contributed by atoms with Crippen LogP contribution >= 0.6 is 0 Å². The predicted molar refractivity (Wildman–Crippen MR) is 86.5 cm³/mol. The van der Waals surface area contributed by atoms with Crippen LogP contribution in [0.3, 0.4) is 0 Å². The van der Waals surface area contributed by atoms with Crippen LogP contribution < -0.4 is 4.74 Å². The maximum Gasteiger partial charge on any atom is 0.395 e. The molecular weight excluding hydrogens is 292 g/mol. The molecule has 0 saturated heterocycles. The number of ether oxygens (including phenoxy) is 1. The zero-order chi connectivity index (χ0) is 16.0. The molecule has 1 unspecified atom stereocenters. The highest BCUT2D eigenvalue weighted by Crippen LogP contribution is 2.32. The lowest BCUT2D eigenvalue weighted by Crippen LogP contribution is -2.07. The van der Waals surface area contributed by atoms with Gasteiger partial charge in [0.15, 0.2) is 17.6 Å². The lowest BCUT2D eigenvalue weighted by molar-refractivity contribution is 0.166. The van der Waals surface area contributed by atoms with E-state index >= 15 is 0 Å². The molecule has 0 aliphatic carbocycles. The fourth-order valence-corrected chi connectivity index (χ4v) is 3.07. The minimum atomic E-state index is -0.204. The fraction of sp³-hybridized carbons (Fsp3) is 0.222. The highest BCUT2D eigenvalue weighted by molar-refractivity contribution is 5.79. The number of nitrogens with zero attached hydrogens (tertiary/aromatic N) is 2. The maximum atomic E-state index is 5.94. The Balaban J connectivity index is 1.72. The van der Waals surface area contributed by atoms with Crippen LogP contribution in [0.1, 0.15) is 29.7 Å². The SMILES string of the molecule is Cc1cc2ocnc2c(C)c1C(C)Oc1nc2ccccc2o1. The average molecular weight is 308 g/mol. The van der Waals surface area contributed by atoms with Crippen molar-refractivity contribution in [2.24, 2.45) is 0 Å². The summed E-state index contributed by atoms with van der Waals surface area (Å²) in [5.74, 6) is 0. The van der Waals surface area contributed by atoms with E-state index < -0.39 is 0 Å². The van der Waals surface area contributed by atoms with Crippen molar-refractivity contribution in [1.29, 1.82) is 0 Å². The van der Waals surface area contributed by atoms with E-state index in [1.165, 1.54) is 6.39 Å². The fourth-order valence-electron chi connectivity index (χ4n) is 3.07. The smallest absolute Gasteiger partial charge is 0.395 e. The molecule has 0 radical (unpaired) electrons. The van der Waals surface area contributed by atoms with Crippen molar-refractivity contribution in [1.82, 2.24) is 9.97 Å². The summed E-state index contributed by atoms with van der Waals surface area (Å²) < 4.78 is 17.0. The molecule has 0 spiro atoms. The number of aryl methyl sites for hydroxylation is 2. The van der Waals surface area contributed by atoms with Gasteiger partial charge < -0.3 is 13.6 Å². The van der Waals surface area contributed by atoms with Crippen LogP contribution in [0.2, 0.25) is 0 Å². The number of hydrogen-bond donors (Lipinski definition) is 0. The number of hydrogen-bond acceptors (Lipinski definition) is 5. The average Bonchev–Trinajstić information content (AvgIpc) is 3.12. The van der Waals surface area contributed by atoms with E-state index in [-0.39, 0.29) is 12.2 Å². The van der Waals surface area contributed by atoms with Crippen molar-refractivity contribution in [3.63, 3.8) is 0 Å². The van der Waals surface area contributed by atoms with Gasteiger partial charge in [-0.15, -0.1) is 0 Å². The number of rotatable bonds is 3. The van der Waals surface area contributed by atoms with Crippen LogP contribution in [0.4, 0.5) is 0 Å². The van der Waals surface area contributed by atoms with E-state index in [4.69, 9.17) is 13.6 Å². The minimum absolute atomic E-state index is 0.204. The van der Waals surface area contributed by atoms with E-state index in [2.05, 4.69) is 9.97 Å². The summed E-state index contributed by atoms with van der Waals surface area (Å²) >= 11 is 0. The molecule has 5 nitrogen and oxygen atoms in total. The predicted octanol–water partition coefficient (Wildman–Crippen LogP) is 4.73. The molecule has 1 atom stereocenters. The lowest BCUT2D eigenvalue weighted by Gasteiger charge is -2.17. The third-order valence-electron chi connectivity index (χ3n) is 4.08. The molecule has 0 saturated carbocycles. The zero-order valence-corrected chi connectivity index (χ0v) is 13.2. The van der Waals surface area contributed by atoms with Gasteiger partial charge in [0.2, 0.25) is 0 Å². The molecule has 5 heteroatoms. The molecule has 2 aromatic heterocycles. The molecule has 0 aliphatic rings. The summed E-state index contributed by atoms with van der Waals surface area (Å²) in [6.07, 6.45) is 1.54. The summed E-state index contributed by atoms with van der Waals surface area (Å²) in [4.78, 5) is 8.65. The molecule has 0 aliphatic heterocycles. The van der Waals surface area contributed by atoms with E-state index in [1.54, 1.807) is 0 Å². The Morgan fingerprint density at radius 2 is 1.96 bits per heavy atom. The van der Waals surface area contributed by atoms with Crippen molar-refractivity contribution in [3.05, 3.63) is 53.4 Å². The quantitative estimate of drug-likeness (QED) is 0.547. The van der Waals surface area contributed by atoms with Gasteiger partial charge in [-0.05, 0) is 50.1 Å². The maximum absolute atomic E-state index is 5.94. The number of para-hydroxylation sites is 2. The summed E-state index contributed by atoms with van der Waals surface area (Å²) in [7, 11) is 0. The second-order valence-corrected chi connectivity index (χ2v) is 5.64. The van der Waals surface area contributed by atoms with E-state index in [1.807, 2.05) is 51.1 Å². The number of fused-ring (bicyclic) bond motifs is 2. The lowest BCUT2D eigenvalue weighted by atomic mass is 9.97. The van der Waals surface area contributed by atoms with E-state index in [0.717, 1.165) is 38.9 Å². The first kappa shape index (κ1) is 13.8. The van der Waals surface area contributed by atoms with Crippen LogP contribution in [0.15, 0.2) is 45.6 Å². The Morgan fingerprint density at radius 1 is 1.13 bits per heavy atom. The first-order valence-corrected chi connectivity index (χ1v) is 7.49. The van der Waals surface area contributed by atoms with Crippen molar-refractivity contribution in [2.75, 3.05) is 0 Å². The van der Waals surface area contributed by atoms with Gasteiger partial charge in [-0.1, -0.05) is 12.1 Å². The minimum Gasteiger partial charge on any atom is -0.443 e. The molecule has 4 rings (SSSR count). The molecule has 0 N–H and O–H groups in total. The van der Waals surface area contributed by atoms with Crippen LogP contribution in [0.5, 0.6) is 6.08 Å². The molecule has 0 fully saturated rings. The Hall–Kier alpha value is -2.82. The first-order chi connectivity index (χ1) is 11.1. The van der Waals surface area contributed by atoms with Crippen molar-refractivity contribution < 1.29 is 13.6 Å². The van der Waals surface area contributed by atoms with Gasteiger partial charge in [0.05, 0.1) is 0 Å². The summed E-state index contributed by atoms with van der Waals surface area (Å²) in [5.41, 5.74) is 6.38.